The molecule has 1 heterocycles. The quantitative estimate of drug-likeness (QED) is 0.886. The van der Waals surface area contributed by atoms with Crippen LogP contribution in [0.1, 0.15) is 24.4 Å². The number of sulfonamides is 1. The molecule has 1 unspecified atom stereocenters. The number of nitrogens with one attached hydrogen (secondary N) is 1. The van der Waals surface area contributed by atoms with Crippen LogP contribution in [0.15, 0.2) is 65.6 Å². The Labute approximate surface area is 138 Å². The summed E-state index contributed by atoms with van der Waals surface area (Å²) < 4.78 is 28.2. The molecule has 2 aromatic rings. The molecule has 0 aliphatic carbocycles. The molecule has 1 saturated heterocycles. The van der Waals surface area contributed by atoms with Crippen molar-refractivity contribution in [1.82, 2.24) is 9.62 Å². The fraction of sp³-hybridized carbons (Fsp3) is 0.333. The lowest BCUT2D eigenvalue weighted by Gasteiger charge is -2.24. The van der Waals surface area contributed by atoms with Crippen LogP contribution in [0.5, 0.6) is 0 Å². The van der Waals surface area contributed by atoms with Crippen molar-refractivity contribution in [3.8, 4) is 0 Å². The summed E-state index contributed by atoms with van der Waals surface area (Å²) in [4.78, 5) is 2.63. The topological polar surface area (TPSA) is 49.4 Å². The Morgan fingerprint density at radius 3 is 2.09 bits per heavy atom. The molecule has 4 nitrogen and oxygen atoms in total. The van der Waals surface area contributed by atoms with Gasteiger partial charge in [-0.15, -0.1) is 0 Å². The highest BCUT2D eigenvalue weighted by Gasteiger charge is 2.24. The average molecular weight is 330 g/mol. The second-order valence-electron chi connectivity index (χ2n) is 5.91. The summed E-state index contributed by atoms with van der Waals surface area (Å²) in [6.07, 6.45) is 2.37. The van der Waals surface area contributed by atoms with Crippen molar-refractivity contribution in [2.45, 2.75) is 23.8 Å². The van der Waals surface area contributed by atoms with Crippen LogP contribution in [0.25, 0.3) is 0 Å². The molecule has 0 spiro atoms. The minimum Gasteiger partial charge on any atom is -0.301 e. The van der Waals surface area contributed by atoms with E-state index in [1.807, 2.05) is 36.4 Å². The van der Waals surface area contributed by atoms with Gasteiger partial charge in [-0.2, -0.15) is 0 Å². The van der Waals surface area contributed by atoms with Crippen LogP contribution < -0.4 is 4.72 Å². The zero-order valence-corrected chi connectivity index (χ0v) is 13.9. The highest BCUT2D eigenvalue weighted by molar-refractivity contribution is 7.89. The third-order valence-electron chi connectivity index (χ3n) is 4.19. The zero-order chi connectivity index (χ0) is 16.1. The Morgan fingerprint density at radius 2 is 1.48 bits per heavy atom. The number of likely N-dealkylation sites (tertiary alicyclic amines) is 1. The fourth-order valence-corrected chi connectivity index (χ4v) is 4.21. The number of nitrogens with zero attached hydrogens (tertiary/aromatic N) is 1. The number of rotatable bonds is 6. The molecule has 122 valence electrons. The first-order valence-corrected chi connectivity index (χ1v) is 9.48. The van der Waals surface area contributed by atoms with E-state index in [4.69, 9.17) is 0 Å². The van der Waals surface area contributed by atoms with E-state index < -0.39 is 10.0 Å². The van der Waals surface area contributed by atoms with Gasteiger partial charge < -0.3 is 4.90 Å². The molecular weight excluding hydrogens is 308 g/mol. The lowest BCUT2D eigenvalue weighted by atomic mass is 10.1. The number of hydrogen-bond donors (Lipinski definition) is 1. The van der Waals surface area contributed by atoms with Crippen LogP contribution in [-0.2, 0) is 10.0 Å². The Bertz CT molecular complexity index is 711. The van der Waals surface area contributed by atoms with E-state index in [9.17, 15) is 8.42 Å². The molecule has 2 aromatic carbocycles. The van der Waals surface area contributed by atoms with Crippen molar-refractivity contribution in [3.05, 3.63) is 66.2 Å². The van der Waals surface area contributed by atoms with Crippen molar-refractivity contribution in [2.75, 3.05) is 19.6 Å². The highest BCUT2D eigenvalue weighted by Crippen LogP contribution is 2.20. The molecule has 0 aromatic heterocycles. The van der Waals surface area contributed by atoms with Crippen molar-refractivity contribution in [3.63, 3.8) is 0 Å². The SMILES string of the molecule is O=S(=O)(NC(CN1CCCC1)c1ccccc1)c1ccccc1. The standard InChI is InChI=1S/C18H22N2O2S/c21-23(22,17-11-5-2-6-12-17)19-18(15-20-13-7-8-14-20)16-9-3-1-4-10-16/h1-6,9-12,18-19H,7-8,13-15H2. The van der Waals surface area contributed by atoms with Crippen LogP contribution in [0.2, 0.25) is 0 Å². The van der Waals surface area contributed by atoms with E-state index in [2.05, 4.69) is 9.62 Å². The van der Waals surface area contributed by atoms with Crippen molar-refractivity contribution < 1.29 is 8.42 Å². The second-order valence-corrected chi connectivity index (χ2v) is 7.62. The second kappa shape index (κ2) is 7.25. The zero-order valence-electron chi connectivity index (χ0n) is 13.1. The van der Waals surface area contributed by atoms with Crippen LogP contribution >= 0.6 is 0 Å². The van der Waals surface area contributed by atoms with E-state index in [0.29, 0.717) is 11.4 Å². The predicted molar refractivity (Wildman–Crippen MR) is 91.6 cm³/mol. The summed E-state index contributed by atoms with van der Waals surface area (Å²) in [5.74, 6) is 0. The van der Waals surface area contributed by atoms with Gasteiger partial charge >= 0.3 is 0 Å². The van der Waals surface area contributed by atoms with Gasteiger partial charge in [-0.05, 0) is 43.6 Å². The van der Waals surface area contributed by atoms with E-state index in [-0.39, 0.29) is 6.04 Å². The molecule has 3 rings (SSSR count). The summed E-state index contributed by atoms with van der Waals surface area (Å²) in [6, 6.07) is 18.1. The normalized spacial score (nSPS) is 17.2. The first kappa shape index (κ1) is 16.2. The molecule has 0 amide bonds. The van der Waals surface area contributed by atoms with Gasteiger partial charge in [0.25, 0.3) is 0 Å². The Hall–Kier alpha value is -1.69. The van der Waals surface area contributed by atoms with E-state index in [1.165, 1.54) is 12.8 Å². The smallest absolute Gasteiger partial charge is 0.241 e. The monoisotopic (exact) mass is 330 g/mol. The van der Waals surface area contributed by atoms with Gasteiger partial charge in [-0.1, -0.05) is 48.5 Å². The number of benzene rings is 2. The van der Waals surface area contributed by atoms with Gasteiger partial charge in [0.15, 0.2) is 0 Å². The third kappa shape index (κ3) is 4.19. The first-order valence-electron chi connectivity index (χ1n) is 8.00. The maximum atomic E-state index is 12.7. The van der Waals surface area contributed by atoms with Crippen molar-refractivity contribution in [1.29, 1.82) is 0 Å². The molecule has 1 fully saturated rings. The highest BCUT2D eigenvalue weighted by atomic mass is 32.2. The molecule has 1 aliphatic heterocycles. The van der Waals surface area contributed by atoms with Gasteiger partial charge in [0.1, 0.15) is 0 Å². The Morgan fingerprint density at radius 1 is 0.913 bits per heavy atom. The maximum Gasteiger partial charge on any atom is 0.241 e. The van der Waals surface area contributed by atoms with Gasteiger partial charge in [0, 0.05) is 6.54 Å². The lowest BCUT2D eigenvalue weighted by Crippen LogP contribution is -2.37. The van der Waals surface area contributed by atoms with Crippen LogP contribution in [-0.4, -0.2) is 33.0 Å². The first-order chi connectivity index (χ1) is 11.1. The molecule has 5 heteroatoms. The minimum atomic E-state index is -3.53. The molecule has 23 heavy (non-hydrogen) atoms. The van der Waals surface area contributed by atoms with Crippen molar-refractivity contribution >= 4 is 10.0 Å². The average Bonchev–Trinajstić information content (AvgIpc) is 3.09. The van der Waals surface area contributed by atoms with E-state index >= 15 is 0 Å². The largest absolute Gasteiger partial charge is 0.301 e. The van der Waals surface area contributed by atoms with Gasteiger partial charge in [0.2, 0.25) is 10.0 Å². The summed E-state index contributed by atoms with van der Waals surface area (Å²) in [5.41, 5.74) is 0.999. The summed E-state index contributed by atoms with van der Waals surface area (Å²) in [7, 11) is -3.53. The lowest BCUT2D eigenvalue weighted by molar-refractivity contribution is 0.307. The predicted octanol–water partition coefficient (Wildman–Crippen LogP) is 2.80. The Kier molecular flexibility index (Phi) is 5.10. The van der Waals surface area contributed by atoms with Crippen LogP contribution in [0.4, 0.5) is 0 Å². The summed E-state index contributed by atoms with van der Waals surface area (Å²) in [5, 5.41) is 0. The van der Waals surface area contributed by atoms with Gasteiger partial charge in [-0.25, -0.2) is 13.1 Å². The molecule has 1 aliphatic rings. The molecule has 0 saturated carbocycles. The molecule has 1 N–H and O–H groups in total. The van der Waals surface area contributed by atoms with E-state index in [0.717, 1.165) is 18.7 Å². The van der Waals surface area contributed by atoms with E-state index in [1.54, 1.807) is 24.3 Å². The van der Waals surface area contributed by atoms with Gasteiger partial charge in [0.05, 0.1) is 10.9 Å². The van der Waals surface area contributed by atoms with Crippen molar-refractivity contribution in [2.24, 2.45) is 0 Å². The summed E-state index contributed by atoms with van der Waals surface area (Å²) >= 11 is 0. The fourth-order valence-electron chi connectivity index (χ4n) is 2.97. The number of hydrogen-bond acceptors (Lipinski definition) is 3. The molecular formula is C18H22N2O2S. The van der Waals surface area contributed by atoms with Crippen LogP contribution in [0, 0.1) is 0 Å². The van der Waals surface area contributed by atoms with Gasteiger partial charge in [-0.3, -0.25) is 0 Å². The third-order valence-corrected chi connectivity index (χ3v) is 5.68. The van der Waals surface area contributed by atoms with Crippen LogP contribution in [0.3, 0.4) is 0 Å². The summed E-state index contributed by atoms with van der Waals surface area (Å²) in [6.45, 7) is 2.78. The minimum absolute atomic E-state index is 0.237. The Balaban J connectivity index is 1.83. The molecule has 1 atom stereocenters. The molecule has 0 bridgehead atoms. The molecule has 0 radical (unpaired) electrons. The maximum absolute atomic E-state index is 12.7.